The fourth-order valence-electron chi connectivity index (χ4n) is 3.45. The molecule has 3 aromatic heterocycles. The standard InChI is InChI=1S/C24H33N5O3S/c1-8-10-13-32-23-22-25-11-12-28(22)16-20(27-23)18-14-19(26-15-21(18)31-7)17(3)29(9-2)33(30)24(4,5)6/h8,11-12,14-17H,1,9-10,13H2,2-7H3/t17-,33?/m1/s1. The smallest absolute Gasteiger partial charge is 0.258 e. The largest absolute Gasteiger partial charge is 0.597 e. The third kappa shape index (κ3) is 5.48. The van der Waals surface area contributed by atoms with Crippen LogP contribution in [-0.4, -0.2) is 53.2 Å². The summed E-state index contributed by atoms with van der Waals surface area (Å²) in [5.74, 6) is 1.03. The van der Waals surface area contributed by atoms with Gasteiger partial charge >= 0.3 is 0 Å². The number of hydrogen-bond acceptors (Lipinski definition) is 7. The zero-order valence-electron chi connectivity index (χ0n) is 20.2. The molecule has 0 N–H and O–H groups in total. The molecule has 33 heavy (non-hydrogen) atoms. The van der Waals surface area contributed by atoms with Gasteiger partial charge in [0, 0.05) is 42.1 Å². The Hall–Kier alpha value is -2.62. The average molecular weight is 472 g/mol. The van der Waals surface area contributed by atoms with Crippen molar-refractivity contribution < 1.29 is 14.0 Å². The van der Waals surface area contributed by atoms with Crippen molar-refractivity contribution in [2.24, 2.45) is 0 Å². The fraction of sp³-hybridized carbons (Fsp3) is 0.458. The number of pyridine rings is 1. The third-order valence-corrected chi connectivity index (χ3v) is 7.25. The summed E-state index contributed by atoms with van der Waals surface area (Å²) < 4.78 is 28.1. The van der Waals surface area contributed by atoms with Crippen LogP contribution >= 0.6 is 0 Å². The maximum Gasteiger partial charge on any atom is 0.258 e. The maximum atomic E-state index is 13.1. The summed E-state index contributed by atoms with van der Waals surface area (Å²) in [5.41, 5.74) is 2.87. The Morgan fingerprint density at radius 3 is 2.73 bits per heavy atom. The van der Waals surface area contributed by atoms with E-state index in [1.165, 1.54) is 0 Å². The SMILES string of the molecule is C=CCCOc1nc(-c2cc([C@@H](C)N(CC)[S+]([O-])C(C)(C)C)ncc2OC)cn2ccnc12. The van der Waals surface area contributed by atoms with E-state index in [0.29, 0.717) is 42.5 Å². The molecule has 0 aliphatic rings. The van der Waals surface area contributed by atoms with E-state index in [1.807, 2.05) is 61.8 Å². The van der Waals surface area contributed by atoms with E-state index >= 15 is 0 Å². The van der Waals surface area contributed by atoms with Gasteiger partial charge in [0.25, 0.3) is 5.88 Å². The summed E-state index contributed by atoms with van der Waals surface area (Å²) in [6.45, 7) is 14.8. The van der Waals surface area contributed by atoms with Gasteiger partial charge in [0.05, 0.1) is 37.3 Å². The van der Waals surface area contributed by atoms with E-state index < -0.39 is 11.4 Å². The molecule has 0 radical (unpaired) electrons. The minimum Gasteiger partial charge on any atom is -0.597 e. The minimum absolute atomic E-state index is 0.167. The van der Waals surface area contributed by atoms with Crippen LogP contribution in [0.5, 0.6) is 11.6 Å². The van der Waals surface area contributed by atoms with Gasteiger partial charge in [-0.2, -0.15) is 0 Å². The molecule has 0 aliphatic carbocycles. The average Bonchev–Trinajstić information content (AvgIpc) is 3.27. The summed E-state index contributed by atoms with van der Waals surface area (Å²) in [5, 5.41) is 0. The van der Waals surface area contributed by atoms with Gasteiger partial charge in [0.1, 0.15) is 10.5 Å². The normalized spacial score (nSPS) is 13.8. The number of nitrogens with zero attached hydrogens (tertiary/aromatic N) is 5. The van der Waals surface area contributed by atoms with E-state index in [2.05, 4.69) is 16.5 Å². The molecule has 0 aliphatic heterocycles. The highest BCUT2D eigenvalue weighted by Gasteiger charge is 2.36. The zero-order chi connectivity index (χ0) is 24.2. The van der Waals surface area contributed by atoms with Crippen LogP contribution in [0, 0.1) is 0 Å². The molecule has 0 fully saturated rings. The molecule has 0 saturated carbocycles. The summed E-state index contributed by atoms with van der Waals surface area (Å²) in [6.07, 6.45) is 9.64. The van der Waals surface area contributed by atoms with E-state index in [4.69, 9.17) is 14.5 Å². The summed E-state index contributed by atoms with van der Waals surface area (Å²) >= 11 is -1.18. The molecular formula is C24H33N5O3S. The molecule has 0 amide bonds. The first-order valence-electron chi connectivity index (χ1n) is 11.0. The number of methoxy groups -OCH3 is 1. The van der Waals surface area contributed by atoms with Crippen molar-refractivity contribution in [1.29, 1.82) is 0 Å². The monoisotopic (exact) mass is 471 g/mol. The Morgan fingerprint density at radius 1 is 1.33 bits per heavy atom. The van der Waals surface area contributed by atoms with Crippen molar-refractivity contribution in [1.82, 2.24) is 23.7 Å². The lowest BCUT2D eigenvalue weighted by Crippen LogP contribution is -2.44. The molecular weight excluding hydrogens is 438 g/mol. The number of hydrogen-bond donors (Lipinski definition) is 0. The number of aromatic nitrogens is 4. The Labute approximate surface area is 199 Å². The highest BCUT2D eigenvalue weighted by atomic mass is 32.2. The number of rotatable bonds is 10. The summed E-state index contributed by atoms with van der Waals surface area (Å²) in [4.78, 5) is 13.7. The van der Waals surface area contributed by atoms with Crippen molar-refractivity contribution >= 4 is 17.0 Å². The van der Waals surface area contributed by atoms with Crippen molar-refractivity contribution in [3.8, 4) is 22.9 Å². The van der Waals surface area contributed by atoms with Gasteiger partial charge in [-0.15, -0.1) is 10.9 Å². The maximum absolute atomic E-state index is 13.1. The van der Waals surface area contributed by atoms with Gasteiger partial charge in [-0.3, -0.25) is 4.98 Å². The highest BCUT2D eigenvalue weighted by molar-refractivity contribution is 7.90. The van der Waals surface area contributed by atoms with Crippen molar-refractivity contribution in [2.75, 3.05) is 20.3 Å². The van der Waals surface area contributed by atoms with Crippen LogP contribution in [0.2, 0.25) is 0 Å². The fourth-order valence-corrected chi connectivity index (χ4v) is 4.79. The molecule has 2 atom stereocenters. The quantitative estimate of drug-likeness (QED) is 0.243. The first-order chi connectivity index (χ1) is 15.7. The van der Waals surface area contributed by atoms with Gasteiger partial charge in [-0.05, 0) is 47.1 Å². The van der Waals surface area contributed by atoms with Crippen LogP contribution in [0.15, 0.2) is 43.5 Å². The Morgan fingerprint density at radius 2 is 2.09 bits per heavy atom. The molecule has 8 nitrogen and oxygen atoms in total. The second kappa shape index (κ2) is 10.5. The number of fused-ring (bicyclic) bond motifs is 1. The molecule has 0 saturated heterocycles. The second-order valence-electron chi connectivity index (χ2n) is 8.60. The molecule has 3 aromatic rings. The molecule has 178 valence electrons. The molecule has 0 aromatic carbocycles. The highest BCUT2D eigenvalue weighted by Crippen LogP contribution is 2.35. The lowest BCUT2D eigenvalue weighted by Gasteiger charge is -2.35. The predicted molar refractivity (Wildman–Crippen MR) is 132 cm³/mol. The van der Waals surface area contributed by atoms with Crippen LogP contribution in [-0.2, 0) is 11.4 Å². The Bertz CT molecular complexity index is 1100. The van der Waals surface area contributed by atoms with Crippen molar-refractivity contribution in [3.05, 3.63) is 49.2 Å². The summed E-state index contributed by atoms with van der Waals surface area (Å²) in [7, 11) is 1.61. The Balaban J connectivity index is 2.05. The Kier molecular flexibility index (Phi) is 7.99. The second-order valence-corrected chi connectivity index (χ2v) is 10.8. The molecule has 3 rings (SSSR count). The third-order valence-electron chi connectivity index (χ3n) is 5.20. The van der Waals surface area contributed by atoms with E-state index in [0.717, 1.165) is 11.3 Å². The minimum atomic E-state index is -1.18. The molecule has 0 bridgehead atoms. The lowest BCUT2D eigenvalue weighted by molar-refractivity contribution is 0.315. The van der Waals surface area contributed by atoms with Gasteiger partial charge in [-0.25, -0.2) is 9.97 Å². The predicted octanol–water partition coefficient (Wildman–Crippen LogP) is 4.60. The van der Waals surface area contributed by atoms with Crippen LogP contribution in [0.4, 0.5) is 0 Å². The van der Waals surface area contributed by atoms with Crippen molar-refractivity contribution in [2.45, 2.75) is 51.8 Å². The lowest BCUT2D eigenvalue weighted by atomic mass is 10.1. The summed E-state index contributed by atoms with van der Waals surface area (Å²) in [6, 6.07) is 1.78. The van der Waals surface area contributed by atoms with Gasteiger partial charge in [-0.1, -0.05) is 6.08 Å². The van der Waals surface area contributed by atoms with Gasteiger partial charge in [0.15, 0.2) is 0 Å². The molecule has 1 unspecified atom stereocenters. The zero-order valence-corrected chi connectivity index (χ0v) is 21.1. The van der Waals surface area contributed by atoms with Crippen LogP contribution in [0.25, 0.3) is 16.9 Å². The van der Waals surface area contributed by atoms with E-state index in [-0.39, 0.29) is 10.8 Å². The number of imidazole rings is 1. The first-order valence-corrected chi connectivity index (χ1v) is 12.1. The molecule has 0 spiro atoms. The van der Waals surface area contributed by atoms with Crippen molar-refractivity contribution in [3.63, 3.8) is 0 Å². The molecule has 3 heterocycles. The van der Waals surface area contributed by atoms with Crippen LogP contribution in [0.1, 0.15) is 52.8 Å². The van der Waals surface area contributed by atoms with Crippen LogP contribution < -0.4 is 9.47 Å². The number of ether oxygens (including phenoxy) is 2. The topological polar surface area (TPSA) is 87.8 Å². The van der Waals surface area contributed by atoms with Gasteiger partial charge in [0.2, 0.25) is 5.65 Å². The van der Waals surface area contributed by atoms with E-state index in [1.54, 1.807) is 25.6 Å². The van der Waals surface area contributed by atoms with E-state index in [9.17, 15) is 4.55 Å². The molecule has 9 heteroatoms. The van der Waals surface area contributed by atoms with Crippen LogP contribution in [0.3, 0.4) is 0 Å². The first kappa shape index (κ1) is 25.0. The van der Waals surface area contributed by atoms with Gasteiger partial charge < -0.3 is 18.4 Å².